The number of ether oxygens (including phenoxy) is 3. The SMILES string of the molecule is COCCOc1cc2cncnc2cc1OCCCl. The maximum atomic E-state index is 5.64. The van der Waals surface area contributed by atoms with E-state index in [4.69, 9.17) is 25.8 Å². The number of rotatable bonds is 7. The van der Waals surface area contributed by atoms with Crippen LogP contribution in [0.3, 0.4) is 0 Å². The molecule has 1 aromatic carbocycles. The number of hydrogen-bond acceptors (Lipinski definition) is 5. The van der Waals surface area contributed by atoms with Crippen LogP contribution in [0, 0.1) is 0 Å². The fourth-order valence-electron chi connectivity index (χ4n) is 1.60. The highest BCUT2D eigenvalue weighted by Crippen LogP contribution is 2.31. The molecule has 0 aliphatic rings. The first-order valence-electron chi connectivity index (χ1n) is 5.89. The third-order valence-corrected chi connectivity index (χ3v) is 2.60. The van der Waals surface area contributed by atoms with Crippen molar-refractivity contribution in [1.82, 2.24) is 9.97 Å². The van der Waals surface area contributed by atoms with Crippen LogP contribution < -0.4 is 9.47 Å². The molecule has 0 unspecified atom stereocenters. The average molecular weight is 283 g/mol. The molecule has 0 N–H and O–H groups in total. The summed E-state index contributed by atoms with van der Waals surface area (Å²) in [5.41, 5.74) is 0.804. The standard InChI is InChI=1S/C13H15ClN2O3/c1-17-4-5-19-12-6-10-8-15-9-16-11(10)7-13(12)18-3-2-14/h6-9H,2-5H2,1H3. The van der Waals surface area contributed by atoms with Crippen molar-refractivity contribution in [1.29, 1.82) is 0 Å². The van der Waals surface area contributed by atoms with Crippen molar-refractivity contribution in [3.63, 3.8) is 0 Å². The predicted octanol–water partition coefficient (Wildman–Crippen LogP) is 2.27. The molecule has 0 radical (unpaired) electrons. The second-order valence-corrected chi connectivity index (χ2v) is 4.14. The zero-order chi connectivity index (χ0) is 13.5. The second kappa shape index (κ2) is 7.11. The Labute approximate surface area is 116 Å². The average Bonchev–Trinajstić information content (AvgIpc) is 2.45. The van der Waals surface area contributed by atoms with Crippen LogP contribution in [0.25, 0.3) is 10.9 Å². The van der Waals surface area contributed by atoms with E-state index in [2.05, 4.69) is 9.97 Å². The van der Waals surface area contributed by atoms with Gasteiger partial charge < -0.3 is 14.2 Å². The summed E-state index contributed by atoms with van der Waals surface area (Å²) in [6.45, 7) is 1.38. The van der Waals surface area contributed by atoms with Crippen LogP contribution in [0.2, 0.25) is 0 Å². The molecule has 0 saturated carbocycles. The molecule has 0 amide bonds. The summed E-state index contributed by atoms with van der Waals surface area (Å²) in [5, 5.41) is 0.896. The maximum Gasteiger partial charge on any atom is 0.163 e. The molecule has 0 spiro atoms. The van der Waals surface area contributed by atoms with Gasteiger partial charge in [-0.15, -0.1) is 11.6 Å². The van der Waals surface area contributed by atoms with Gasteiger partial charge >= 0.3 is 0 Å². The largest absolute Gasteiger partial charge is 0.488 e. The lowest BCUT2D eigenvalue weighted by Gasteiger charge is -2.12. The Hall–Kier alpha value is -1.59. The smallest absolute Gasteiger partial charge is 0.163 e. The topological polar surface area (TPSA) is 53.5 Å². The molecule has 2 rings (SSSR count). The summed E-state index contributed by atoms with van der Waals surface area (Å²) in [6, 6.07) is 3.68. The number of methoxy groups -OCH3 is 1. The molecule has 19 heavy (non-hydrogen) atoms. The lowest BCUT2D eigenvalue weighted by Crippen LogP contribution is -2.07. The summed E-state index contributed by atoms with van der Waals surface area (Å²) >= 11 is 5.64. The fourth-order valence-corrected chi connectivity index (χ4v) is 1.68. The van der Waals surface area contributed by atoms with Crippen molar-refractivity contribution in [2.24, 2.45) is 0 Å². The minimum Gasteiger partial charge on any atom is -0.488 e. The van der Waals surface area contributed by atoms with Gasteiger partial charge in [-0.25, -0.2) is 9.97 Å². The van der Waals surface area contributed by atoms with Crippen LogP contribution in [-0.4, -0.2) is 42.8 Å². The molecule has 0 bridgehead atoms. The van der Waals surface area contributed by atoms with Crippen molar-refractivity contribution in [3.05, 3.63) is 24.7 Å². The Kier molecular flexibility index (Phi) is 5.18. The van der Waals surface area contributed by atoms with E-state index in [0.717, 1.165) is 10.9 Å². The summed E-state index contributed by atoms with van der Waals surface area (Å²) in [6.07, 6.45) is 3.23. The van der Waals surface area contributed by atoms with Crippen molar-refractivity contribution in [2.45, 2.75) is 0 Å². The second-order valence-electron chi connectivity index (χ2n) is 3.76. The first-order valence-corrected chi connectivity index (χ1v) is 6.43. The zero-order valence-corrected chi connectivity index (χ0v) is 11.4. The van der Waals surface area contributed by atoms with Crippen molar-refractivity contribution < 1.29 is 14.2 Å². The minimum absolute atomic E-state index is 0.415. The Morgan fingerprint density at radius 3 is 2.68 bits per heavy atom. The Bertz CT molecular complexity index is 536. The van der Waals surface area contributed by atoms with Gasteiger partial charge in [-0.1, -0.05) is 0 Å². The molecule has 0 aliphatic heterocycles. The number of alkyl halides is 1. The summed E-state index contributed by atoms with van der Waals surface area (Å²) in [5.74, 6) is 1.69. The molecule has 0 saturated heterocycles. The zero-order valence-electron chi connectivity index (χ0n) is 10.6. The van der Waals surface area contributed by atoms with Crippen molar-refractivity contribution >= 4 is 22.5 Å². The van der Waals surface area contributed by atoms with E-state index in [1.54, 1.807) is 13.3 Å². The van der Waals surface area contributed by atoms with Crippen LogP contribution in [0.15, 0.2) is 24.7 Å². The Morgan fingerprint density at radius 1 is 1.11 bits per heavy atom. The Balaban J connectivity index is 2.27. The van der Waals surface area contributed by atoms with Gasteiger partial charge in [0.25, 0.3) is 0 Å². The number of benzene rings is 1. The normalized spacial score (nSPS) is 10.6. The minimum atomic E-state index is 0.415. The number of aromatic nitrogens is 2. The van der Waals surface area contributed by atoms with Crippen LogP contribution in [0.5, 0.6) is 11.5 Å². The molecule has 0 aliphatic carbocycles. The predicted molar refractivity (Wildman–Crippen MR) is 73.1 cm³/mol. The number of hydrogen-bond donors (Lipinski definition) is 0. The maximum absolute atomic E-state index is 5.64. The molecule has 0 fully saturated rings. The fraction of sp³-hybridized carbons (Fsp3) is 0.385. The van der Waals surface area contributed by atoms with Gasteiger partial charge in [0.1, 0.15) is 19.5 Å². The van der Waals surface area contributed by atoms with Crippen LogP contribution in [0.4, 0.5) is 0 Å². The molecule has 1 heterocycles. The van der Waals surface area contributed by atoms with E-state index >= 15 is 0 Å². The van der Waals surface area contributed by atoms with E-state index in [0.29, 0.717) is 37.2 Å². The quantitative estimate of drug-likeness (QED) is 0.576. The lowest BCUT2D eigenvalue weighted by molar-refractivity contribution is 0.143. The molecule has 102 valence electrons. The first-order chi connectivity index (χ1) is 9.35. The van der Waals surface area contributed by atoms with Gasteiger partial charge in [-0.3, -0.25) is 0 Å². The lowest BCUT2D eigenvalue weighted by atomic mass is 10.2. The van der Waals surface area contributed by atoms with Gasteiger partial charge in [0.2, 0.25) is 0 Å². The molecule has 6 heteroatoms. The third kappa shape index (κ3) is 3.68. The van der Waals surface area contributed by atoms with E-state index in [1.165, 1.54) is 6.33 Å². The Morgan fingerprint density at radius 2 is 1.89 bits per heavy atom. The van der Waals surface area contributed by atoms with E-state index in [1.807, 2.05) is 12.1 Å². The monoisotopic (exact) mass is 282 g/mol. The molecule has 2 aromatic rings. The summed E-state index contributed by atoms with van der Waals surface area (Å²) < 4.78 is 16.2. The van der Waals surface area contributed by atoms with Crippen molar-refractivity contribution in [2.75, 3.05) is 32.8 Å². The molecule has 0 atom stereocenters. The van der Waals surface area contributed by atoms with E-state index in [9.17, 15) is 0 Å². The highest BCUT2D eigenvalue weighted by Gasteiger charge is 2.08. The van der Waals surface area contributed by atoms with Gasteiger partial charge in [-0.2, -0.15) is 0 Å². The molecular formula is C13H15ClN2O3. The van der Waals surface area contributed by atoms with E-state index in [-0.39, 0.29) is 0 Å². The summed E-state index contributed by atoms with van der Waals surface area (Å²) in [7, 11) is 1.63. The van der Waals surface area contributed by atoms with Crippen LogP contribution in [0.1, 0.15) is 0 Å². The van der Waals surface area contributed by atoms with Gasteiger partial charge in [-0.05, 0) is 6.07 Å². The molecule has 5 nitrogen and oxygen atoms in total. The summed E-state index contributed by atoms with van der Waals surface area (Å²) in [4.78, 5) is 8.17. The molecule has 1 aromatic heterocycles. The number of nitrogens with zero attached hydrogens (tertiary/aromatic N) is 2. The molecular weight excluding hydrogens is 268 g/mol. The highest BCUT2D eigenvalue weighted by atomic mass is 35.5. The van der Waals surface area contributed by atoms with E-state index < -0.39 is 0 Å². The van der Waals surface area contributed by atoms with Gasteiger partial charge in [0.05, 0.1) is 18.0 Å². The third-order valence-electron chi connectivity index (χ3n) is 2.45. The van der Waals surface area contributed by atoms with Crippen molar-refractivity contribution in [3.8, 4) is 11.5 Å². The van der Waals surface area contributed by atoms with Crippen LogP contribution >= 0.6 is 11.6 Å². The number of fused-ring (bicyclic) bond motifs is 1. The van der Waals surface area contributed by atoms with Gasteiger partial charge in [0, 0.05) is 24.8 Å². The number of halogens is 1. The van der Waals surface area contributed by atoms with Crippen LogP contribution in [-0.2, 0) is 4.74 Å². The highest BCUT2D eigenvalue weighted by molar-refractivity contribution is 6.18. The van der Waals surface area contributed by atoms with Gasteiger partial charge in [0.15, 0.2) is 11.5 Å². The first kappa shape index (κ1) is 13.8.